The van der Waals surface area contributed by atoms with Gasteiger partial charge in [-0.15, -0.1) is 5.16 Å². The van der Waals surface area contributed by atoms with Crippen molar-refractivity contribution in [3.63, 3.8) is 0 Å². The molecule has 2 aromatic heterocycles. The summed E-state index contributed by atoms with van der Waals surface area (Å²) in [7, 11) is -1.72. The minimum atomic E-state index is -1.72. The lowest BCUT2D eigenvalue weighted by molar-refractivity contribution is 0.0593. The van der Waals surface area contributed by atoms with Crippen molar-refractivity contribution in [1.29, 1.82) is 0 Å². The van der Waals surface area contributed by atoms with Crippen molar-refractivity contribution in [1.82, 2.24) is 20.2 Å². The van der Waals surface area contributed by atoms with Crippen molar-refractivity contribution in [2.45, 2.75) is 32.9 Å². The maximum absolute atomic E-state index is 14.7. The number of aromatic carboxylic acids is 1. The first-order valence-electron chi connectivity index (χ1n) is 21.4. The van der Waals surface area contributed by atoms with Crippen LogP contribution in [0.2, 0.25) is 15.2 Å². The van der Waals surface area contributed by atoms with Crippen molar-refractivity contribution in [3.05, 3.63) is 206 Å². The highest BCUT2D eigenvalue weighted by Gasteiger charge is 2.39. The number of carboxylic acids is 1. The molecule has 0 aliphatic carbocycles. The minimum absolute atomic E-state index is 0.0380. The van der Waals surface area contributed by atoms with Crippen molar-refractivity contribution < 1.29 is 48.3 Å². The Hall–Kier alpha value is -7.60. The topological polar surface area (TPSA) is 203 Å². The molecular formula is C52H41BCl3F2N5O8. The highest BCUT2D eigenvalue weighted by molar-refractivity contribution is 6.58. The van der Waals surface area contributed by atoms with Crippen LogP contribution in [-0.4, -0.2) is 72.3 Å². The summed E-state index contributed by atoms with van der Waals surface area (Å²) in [6, 6.07) is 37.7. The summed E-state index contributed by atoms with van der Waals surface area (Å²) in [5.41, 5.74) is 3.57. The number of benzene rings is 6. The van der Waals surface area contributed by atoms with Crippen LogP contribution in [0.3, 0.4) is 0 Å². The van der Waals surface area contributed by atoms with E-state index in [0.717, 1.165) is 10.8 Å². The van der Waals surface area contributed by atoms with Gasteiger partial charge in [0, 0.05) is 39.1 Å². The molecule has 8 aromatic rings. The molecule has 2 atom stereocenters. The number of carbonyl (C=O) groups excluding carboxylic acids is 3. The molecule has 0 bridgehead atoms. The standard InChI is InChI=1S/C25H18ClFN2O3.C19H12Cl2N2O2.C6H6BFO2.C2H5NO/c1-14(28-24(30)16-8-2-3-9-17(16)25(31)32)19-13-15-7-6-11-20(26)22(15)29-23(19)18-10-4-5-12-21(18)27;1-10(23-18(24)12-6-2-3-7-13(12)19(23)25)14-9-11-5-4-8-15(20)16(11)22-17(14)21;8-6-4-2-1-3-5(6)7(9)10;1-2-3-4/h2-14H,1H3,(H,28,30)(H,31,32);2-10H,1H3;1-4,9-10H;2,4H,1H3/b;;;3-2+/t14-;10-;;/m00../s1. The molecule has 5 N–H and O–H groups in total. The first kappa shape index (κ1) is 52.8. The number of imide groups is 1. The third kappa shape index (κ3) is 12.1. The lowest BCUT2D eigenvalue weighted by Gasteiger charge is -2.23. The van der Waals surface area contributed by atoms with Gasteiger partial charge < -0.3 is 25.7 Å². The molecule has 3 heterocycles. The first-order chi connectivity index (χ1) is 34.0. The number of hydrogen-bond donors (Lipinski definition) is 5. The Morgan fingerprint density at radius 2 is 1.15 bits per heavy atom. The Kier molecular flexibility index (Phi) is 17.7. The van der Waals surface area contributed by atoms with Gasteiger partial charge in [-0.25, -0.2) is 23.5 Å². The van der Waals surface area contributed by atoms with Gasteiger partial charge in [0.25, 0.3) is 17.7 Å². The van der Waals surface area contributed by atoms with E-state index in [1.807, 2.05) is 30.3 Å². The maximum atomic E-state index is 14.7. The fourth-order valence-corrected chi connectivity index (χ4v) is 8.18. The quantitative estimate of drug-likeness (QED) is 0.0243. The summed E-state index contributed by atoms with van der Waals surface area (Å²) in [5, 5.41) is 42.0. The first-order valence-corrected chi connectivity index (χ1v) is 22.5. The molecule has 0 saturated heterocycles. The van der Waals surface area contributed by atoms with Crippen LogP contribution >= 0.6 is 34.8 Å². The van der Waals surface area contributed by atoms with Gasteiger partial charge in [0.1, 0.15) is 16.8 Å². The van der Waals surface area contributed by atoms with Crippen molar-refractivity contribution >= 4 is 99.1 Å². The lowest BCUT2D eigenvalue weighted by Crippen LogP contribution is -2.32. The summed E-state index contributed by atoms with van der Waals surface area (Å²) in [5.74, 6) is -3.45. The number of amides is 3. The van der Waals surface area contributed by atoms with Gasteiger partial charge in [-0.3, -0.25) is 19.3 Å². The van der Waals surface area contributed by atoms with E-state index >= 15 is 0 Å². The Bertz CT molecular complexity index is 3290. The number of hydrogen-bond acceptors (Lipinski definition) is 10. The molecule has 0 saturated carbocycles. The van der Waals surface area contributed by atoms with Gasteiger partial charge in [-0.2, -0.15) is 0 Å². The fourth-order valence-electron chi connectivity index (χ4n) is 7.43. The van der Waals surface area contributed by atoms with Crippen LogP contribution < -0.4 is 10.8 Å². The molecule has 9 rings (SSSR count). The van der Waals surface area contributed by atoms with E-state index in [1.54, 1.807) is 93.6 Å². The Morgan fingerprint density at radius 1 is 0.676 bits per heavy atom. The van der Waals surface area contributed by atoms with Gasteiger partial charge in [-0.1, -0.05) is 114 Å². The van der Waals surface area contributed by atoms with Crippen LogP contribution in [0.15, 0.2) is 151 Å². The molecule has 71 heavy (non-hydrogen) atoms. The number of nitrogens with zero attached hydrogens (tertiary/aromatic N) is 4. The number of carbonyl (C=O) groups is 4. The van der Waals surface area contributed by atoms with Crippen molar-refractivity contribution in [2.24, 2.45) is 5.16 Å². The zero-order chi connectivity index (χ0) is 51.5. The maximum Gasteiger partial charge on any atom is 0.491 e. The number of rotatable bonds is 8. The molecule has 0 radical (unpaired) electrons. The largest absolute Gasteiger partial charge is 0.491 e. The molecule has 19 heteroatoms. The summed E-state index contributed by atoms with van der Waals surface area (Å²) in [6.07, 6.45) is 1.31. The van der Waals surface area contributed by atoms with Gasteiger partial charge in [0.2, 0.25) is 0 Å². The van der Waals surface area contributed by atoms with E-state index in [9.17, 15) is 33.1 Å². The van der Waals surface area contributed by atoms with Crippen LogP contribution in [0.1, 0.15) is 85.4 Å². The molecule has 0 unspecified atom stereocenters. The monoisotopic (exact) mass is 1020 g/mol. The number of para-hydroxylation sites is 2. The minimum Gasteiger partial charge on any atom is -0.478 e. The number of halogens is 5. The molecular weight excluding hydrogens is 978 g/mol. The molecule has 1 aliphatic rings. The molecule has 3 amide bonds. The summed E-state index contributed by atoms with van der Waals surface area (Å²) < 4.78 is 27.2. The molecule has 0 spiro atoms. The number of pyridine rings is 2. The van der Waals surface area contributed by atoms with Crippen LogP contribution in [0.5, 0.6) is 0 Å². The Morgan fingerprint density at radius 3 is 1.66 bits per heavy atom. The van der Waals surface area contributed by atoms with Gasteiger partial charge in [-0.05, 0) is 87.5 Å². The normalized spacial score (nSPS) is 12.5. The zero-order valence-corrected chi connectivity index (χ0v) is 40.0. The second-order valence-corrected chi connectivity index (χ2v) is 16.6. The van der Waals surface area contributed by atoms with E-state index in [-0.39, 0.29) is 39.1 Å². The predicted octanol–water partition coefficient (Wildman–Crippen LogP) is 10.8. The number of oxime groups is 1. The summed E-state index contributed by atoms with van der Waals surface area (Å²) in [4.78, 5) is 59.9. The van der Waals surface area contributed by atoms with Crippen LogP contribution in [-0.2, 0) is 0 Å². The van der Waals surface area contributed by atoms with E-state index in [2.05, 4.69) is 20.4 Å². The summed E-state index contributed by atoms with van der Waals surface area (Å²) in [6.45, 7) is 5.14. The third-order valence-electron chi connectivity index (χ3n) is 10.9. The van der Waals surface area contributed by atoms with Crippen LogP contribution in [0.4, 0.5) is 8.78 Å². The SMILES string of the molecule is C/C=N/O.C[C@@H](c1cc2cccc(Cl)c2nc1Cl)N1C(=O)c2ccccc2C1=O.C[C@H](NC(=O)c1ccccc1C(=O)O)c1cc2cccc(Cl)c2nc1-c1ccccc1F.OB(O)c1ccccc1F. The smallest absolute Gasteiger partial charge is 0.478 e. The lowest BCUT2D eigenvalue weighted by atomic mass is 9.80. The summed E-state index contributed by atoms with van der Waals surface area (Å²) >= 11 is 18.8. The molecule has 6 aromatic carbocycles. The van der Waals surface area contributed by atoms with Gasteiger partial charge in [0.05, 0.1) is 61.1 Å². The average Bonchev–Trinajstić information content (AvgIpc) is 3.62. The predicted molar refractivity (Wildman–Crippen MR) is 271 cm³/mol. The van der Waals surface area contributed by atoms with Gasteiger partial charge >= 0.3 is 13.1 Å². The molecule has 0 fully saturated rings. The highest BCUT2D eigenvalue weighted by Crippen LogP contribution is 2.37. The third-order valence-corrected chi connectivity index (χ3v) is 11.8. The van der Waals surface area contributed by atoms with Gasteiger partial charge in [0.15, 0.2) is 0 Å². The molecule has 1 aliphatic heterocycles. The average molecular weight is 1020 g/mol. The van der Waals surface area contributed by atoms with Crippen molar-refractivity contribution in [3.8, 4) is 11.3 Å². The second kappa shape index (κ2) is 23.8. The number of fused-ring (bicyclic) bond motifs is 3. The second-order valence-electron chi connectivity index (χ2n) is 15.4. The molecule has 360 valence electrons. The fraction of sp³-hybridized carbons (Fsp3) is 0.0962. The van der Waals surface area contributed by atoms with E-state index in [0.29, 0.717) is 49.0 Å². The highest BCUT2D eigenvalue weighted by atomic mass is 35.5. The zero-order valence-electron chi connectivity index (χ0n) is 37.8. The Labute approximate surface area is 420 Å². The molecule has 13 nitrogen and oxygen atoms in total. The van der Waals surface area contributed by atoms with Crippen LogP contribution in [0, 0.1) is 11.6 Å². The van der Waals surface area contributed by atoms with Crippen molar-refractivity contribution in [2.75, 3.05) is 0 Å². The van der Waals surface area contributed by atoms with E-state index in [1.165, 1.54) is 53.6 Å². The Balaban J connectivity index is 0.000000186. The van der Waals surface area contributed by atoms with Crippen LogP contribution in [0.25, 0.3) is 33.1 Å². The van der Waals surface area contributed by atoms with E-state index in [4.69, 9.17) is 50.1 Å². The number of nitrogens with one attached hydrogen (secondary N) is 1. The number of carboxylic acid groups (broad SMARTS) is 1. The number of aromatic nitrogens is 2. The van der Waals surface area contributed by atoms with E-state index < -0.39 is 42.7 Å².